The first-order valence-electron chi connectivity index (χ1n) is 6.04. The van der Waals surface area contributed by atoms with Crippen molar-refractivity contribution in [1.29, 1.82) is 0 Å². The third-order valence-electron chi connectivity index (χ3n) is 3.06. The zero-order valence-corrected chi connectivity index (χ0v) is 11.3. The average Bonchev–Trinajstić information content (AvgIpc) is 2.79. The van der Waals surface area contributed by atoms with Crippen molar-refractivity contribution < 1.29 is 5.11 Å². The molecule has 2 nitrogen and oxygen atoms in total. The summed E-state index contributed by atoms with van der Waals surface area (Å²) in [5, 5.41) is 11.3. The Morgan fingerprint density at radius 3 is 2.37 bits per heavy atom. The number of aliphatic imine (C=N–C) groups is 1. The summed E-state index contributed by atoms with van der Waals surface area (Å²) < 4.78 is 1.08. The summed E-state index contributed by atoms with van der Waals surface area (Å²) >= 11 is 1.57. The fraction of sp³-hybridized carbons (Fsp3) is 0.0625. The number of aromatic hydroxyl groups is 1. The third kappa shape index (κ3) is 2.02. The zero-order valence-electron chi connectivity index (χ0n) is 10.5. The van der Waals surface area contributed by atoms with Gasteiger partial charge in [-0.2, -0.15) is 0 Å². The van der Waals surface area contributed by atoms with Crippen molar-refractivity contribution in [2.24, 2.45) is 4.99 Å². The molecule has 0 radical (unpaired) electrons. The van der Waals surface area contributed by atoms with Crippen LogP contribution in [0.5, 0.6) is 5.75 Å². The van der Waals surface area contributed by atoms with E-state index in [2.05, 4.69) is 4.99 Å². The Labute approximate surface area is 115 Å². The molecule has 0 aliphatic carbocycles. The highest BCUT2D eigenvalue weighted by atomic mass is 32.1. The van der Waals surface area contributed by atoms with Crippen LogP contribution < -0.4 is 0 Å². The molecule has 0 aliphatic heterocycles. The van der Waals surface area contributed by atoms with E-state index in [1.54, 1.807) is 18.4 Å². The van der Waals surface area contributed by atoms with Crippen molar-refractivity contribution in [2.75, 3.05) is 7.05 Å². The lowest BCUT2D eigenvalue weighted by molar-refractivity contribution is 0.483. The molecule has 3 heteroatoms. The van der Waals surface area contributed by atoms with Crippen LogP contribution in [0.1, 0.15) is 10.4 Å². The molecule has 0 bridgehead atoms. The van der Waals surface area contributed by atoms with E-state index in [0.29, 0.717) is 5.75 Å². The SMILES string of the molecule is CN=C(c1ccccc1)c1sc2ccccc2c1O. The van der Waals surface area contributed by atoms with Crippen molar-refractivity contribution >= 4 is 27.1 Å². The third-order valence-corrected chi connectivity index (χ3v) is 4.22. The number of nitrogens with zero attached hydrogens (tertiary/aromatic N) is 1. The molecule has 3 aromatic rings. The highest BCUT2D eigenvalue weighted by Gasteiger charge is 2.16. The van der Waals surface area contributed by atoms with Crippen molar-refractivity contribution in [3.05, 3.63) is 65.0 Å². The first-order valence-corrected chi connectivity index (χ1v) is 6.86. The maximum atomic E-state index is 10.4. The molecule has 0 saturated carbocycles. The van der Waals surface area contributed by atoms with E-state index in [1.165, 1.54) is 0 Å². The highest BCUT2D eigenvalue weighted by molar-refractivity contribution is 7.21. The Hall–Kier alpha value is -2.13. The van der Waals surface area contributed by atoms with Gasteiger partial charge in [-0.25, -0.2) is 0 Å². The lowest BCUT2D eigenvalue weighted by Crippen LogP contribution is -2.00. The molecule has 0 unspecified atom stereocenters. The Bertz CT molecular complexity index is 744. The first-order chi connectivity index (χ1) is 9.31. The summed E-state index contributed by atoms with van der Waals surface area (Å²) in [7, 11) is 1.76. The number of hydrogen-bond donors (Lipinski definition) is 1. The van der Waals surface area contributed by atoms with Gasteiger partial charge in [0.15, 0.2) is 0 Å². The van der Waals surface area contributed by atoms with Crippen molar-refractivity contribution in [2.45, 2.75) is 0 Å². The molecule has 0 saturated heterocycles. The van der Waals surface area contributed by atoms with Crippen LogP contribution in [0.25, 0.3) is 10.1 Å². The fourth-order valence-electron chi connectivity index (χ4n) is 2.15. The van der Waals surface area contributed by atoms with E-state index >= 15 is 0 Å². The largest absolute Gasteiger partial charge is 0.506 e. The Morgan fingerprint density at radius 2 is 1.68 bits per heavy atom. The van der Waals surface area contributed by atoms with Crippen molar-refractivity contribution in [3.63, 3.8) is 0 Å². The molecular formula is C16H13NOS. The van der Waals surface area contributed by atoms with Crippen LogP contribution in [0.2, 0.25) is 0 Å². The zero-order chi connectivity index (χ0) is 13.2. The van der Waals surface area contributed by atoms with E-state index in [1.807, 2.05) is 54.6 Å². The predicted molar refractivity (Wildman–Crippen MR) is 81.5 cm³/mol. The molecular weight excluding hydrogens is 254 g/mol. The maximum Gasteiger partial charge on any atom is 0.143 e. The van der Waals surface area contributed by atoms with Crippen LogP contribution in [-0.2, 0) is 0 Å². The number of hydrogen-bond acceptors (Lipinski definition) is 3. The van der Waals surface area contributed by atoms with Crippen LogP contribution in [0.15, 0.2) is 59.6 Å². The lowest BCUT2D eigenvalue weighted by Gasteiger charge is -2.04. The quantitative estimate of drug-likeness (QED) is 0.697. The predicted octanol–water partition coefficient (Wildman–Crippen LogP) is 4.07. The second-order valence-electron chi connectivity index (χ2n) is 4.21. The average molecular weight is 267 g/mol. The van der Waals surface area contributed by atoms with Gasteiger partial charge in [0.2, 0.25) is 0 Å². The molecule has 1 heterocycles. The van der Waals surface area contributed by atoms with Gasteiger partial charge in [-0.3, -0.25) is 4.99 Å². The summed E-state index contributed by atoms with van der Waals surface area (Å²) in [6, 6.07) is 17.8. The number of rotatable bonds is 2. The minimum absolute atomic E-state index is 0.324. The molecule has 0 fully saturated rings. The Kier molecular flexibility index (Phi) is 3.05. The second-order valence-corrected chi connectivity index (χ2v) is 5.27. The van der Waals surface area contributed by atoms with E-state index in [4.69, 9.17) is 0 Å². The standard InChI is InChI=1S/C16H13NOS/c1-17-14(11-7-3-2-4-8-11)16-15(18)12-9-5-6-10-13(12)19-16/h2-10,18H,1H3. The molecule has 1 aromatic heterocycles. The summed E-state index contributed by atoms with van der Waals surface area (Å²) in [6.45, 7) is 0. The smallest absolute Gasteiger partial charge is 0.143 e. The van der Waals surface area contributed by atoms with E-state index in [0.717, 1.165) is 26.2 Å². The molecule has 1 N–H and O–H groups in total. The number of thiophene rings is 1. The van der Waals surface area contributed by atoms with Crippen molar-refractivity contribution in [3.8, 4) is 5.75 Å². The minimum atomic E-state index is 0.324. The van der Waals surface area contributed by atoms with Gasteiger partial charge in [0.1, 0.15) is 5.75 Å². The second kappa shape index (κ2) is 4.86. The summed E-state index contributed by atoms with van der Waals surface area (Å²) in [6.07, 6.45) is 0. The molecule has 0 atom stereocenters. The van der Waals surface area contributed by atoms with Gasteiger partial charge in [-0.15, -0.1) is 11.3 Å². The monoisotopic (exact) mass is 267 g/mol. The summed E-state index contributed by atoms with van der Waals surface area (Å²) in [5.41, 5.74) is 1.85. The molecule has 0 aliphatic rings. The number of benzene rings is 2. The van der Waals surface area contributed by atoms with Gasteiger partial charge in [0.05, 0.1) is 10.6 Å². The van der Waals surface area contributed by atoms with Gasteiger partial charge < -0.3 is 5.11 Å². The highest BCUT2D eigenvalue weighted by Crippen LogP contribution is 2.38. The van der Waals surface area contributed by atoms with Crippen LogP contribution in [0, 0.1) is 0 Å². The minimum Gasteiger partial charge on any atom is -0.506 e. The molecule has 94 valence electrons. The molecule has 3 rings (SSSR count). The van der Waals surface area contributed by atoms with Gasteiger partial charge in [-0.05, 0) is 12.1 Å². The molecule has 0 spiro atoms. The molecule has 0 amide bonds. The van der Waals surface area contributed by atoms with Crippen LogP contribution in [-0.4, -0.2) is 17.9 Å². The van der Waals surface area contributed by atoms with Crippen LogP contribution in [0.3, 0.4) is 0 Å². The van der Waals surface area contributed by atoms with Crippen LogP contribution in [0.4, 0.5) is 0 Å². The normalized spacial score (nSPS) is 11.9. The topological polar surface area (TPSA) is 32.6 Å². The van der Waals surface area contributed by atoms with Gasteiger partial charge >= 0.3 is 0 Å². The van der Waals surface area contributed by atoms with Gasteiger partial charge in [0, 0.05) is 22.7 Å². The first kappa shape index (κ1) is 11.9. The van der Waals surface area contributed by atoms with E-state index in [9.17, 15) is 5.11 Å². The van der Waals surface area contributed by atoms with E-state index in [-0.39, 0.29) is 0 Å². The van der Waals surface area contributed by atoms with Crippen molar-refractivity contribution in [1.82, 2.24) is 0 Å². The van der Waals surface area contributed by atoms with Gasteiger partial charge in [-0.1, -0.05) is 42.5 Å². The van der Waals surface area contributed by atoms with Crippen LogP contribution >= 0.6 is 11.3 Å². The van der Waals surface area contributed by atoms with E-state index < -0.39 is 0 Å². The Morgan fingerprint density at radius 1 is 1.00 bits per heavy atom. The fourth-order valence-corrected chi connectivity index (χ4v) is 3.30. The summed E-state index contributed by atoms with van der Waals surface area (Å²) in [5.74, 6) is 0.324. The number of fused-ring (bicyclic) bond motifs is 1. The van der Waals surface area contributed by atoms with Gasteiger partial charge in [0.25, 0.3) is 0 Å². The molecule has 19 heavy (non-hydrogen) atoms. The molecule has 2 aromatic carbocycles. The maximum absolute atomic E-state index is 10.4. The Balaban J connectivity index is 2.21. The summed E-state index contributed by atoms with van der Waals surface area (Å²) in [4.78, 5) is 5.18. The lowest BCUT2D eigenvalue weighted by atomic mass is 10.1.